The lowest BCUT2D eigenvalue weighted by Gasteiger charge is -2.05. The lowest BCUT2D eigenvalue weighted by molar-refractivity contribution is 0.0947. The molecule has 21 heavy (non-hydrogen) atoms. The third-order valence-electron chi connectivity index (χ3n) is 2.71. The van der Waals surface area contributed by atoms with Gasteiger partial charge in [0.05, 0.1) is 12.1 Å². The Morgan fingerprint density at radius 2 is 2.05 bits per heavy atom. The van der Waals surface area contributed by atoms with Gasteiger partial charge in [0.2, 0.25) is 10.0 Å². The van der Waals surface area contributed by atoms with Gasteiger partial charge in [0, 0.05) is 4.88 Å². The quantitative estimate of drug-likeness (QED) is 0.896. The van der Waals surface area contributed by atoms with Crippen LogP contribution < -0.4 is 10.5 Å². The van der Waals surface area contributed by atoms with Crippen molar-refractivity contribution in [2.24, 2.45) is 5.14 Å². The predicted octanol–water partition coefficient (Wildman–Crippen LogP) is 1.77. The Morgan fingerprint density at radius 1 is 1.33 bits per heavy atom. The van der Waals surface area contributed by atoms with Crippen LogP contribution in [0, 0.1) is 12.7 Å². The Bertz CT molecular complexity index is 784. The Morgan fingerprint density at radius 3 is 2.67 bits per heavy atom. The lowest BCUT2D eigenvalue weighted by atomic mass is 10.1. The second-order valence-corrected chi connectivity index (χ2v) is 7.39. The van der Waals surface area contributed by atoms with Crippen molar-refractivity contribution in [3.05, 3.63) is 52.2 Å². The SMILES string of the molecule is Cc1ccc(F)c(C(=O)NCc2ccc(S(N)(=O)=O)s2)c1. The Hall–Kier alpha value is -1.77. The van der Waals surface area contributed by atoms with Crippen LogP contribution in [-0.2, 0) is 16.6 Å². The van der Waals surface area contributed by atoms with Crippen molar-refractivity contribution in [1.82, 2.24) is 5.32 Å². The molecule has 0 radical (unpaired) electrons. The summed E-state index contributed by atoms with van der Waals surface area (Å²) in [5.74, 6) is -1.16. The standard InChI is InChI=1S/C13H13FN2O3S2/c1-8-2-4-11(14)10(6-8)13(17)16-7-9-3-5-12(20-9)21(15,18)19/h2-6H,7H2,1H3,(H,16,17)(H2,15,18,19). The number of thiophene rings is 1. The number of carbonyl (C=O) groups is 1. The van der Waals surface area contributed by atoms with E-state index < -0.39 is 21.7 Å². The van der Waals surface area contributed by atoms with Gasteiger partial charge in [0.1, 0.15) is 10.0 Å². The molecule has 1 aromatic heterocycles. The van der Waals surface area contributed by atoms with E-state index in [9.17, 15) is 17.6 Å². The molecule has 0 atom stereocenters. The van der Waals surface area contributed by atoms with Gasteiger partial charge in [-0.1, -0.05) is 11.6 Å². The third kappa shape index (κ3) is 3.87. The van der Waals surface area contributed by atoms with E-state index in [2.05, 4.69) is 5.32 Å². The van der Waals surface area contributed by atoms with Crippen molar-refractivity contribution in [3.8, 4) is 0 Å². The van der Waals surface area contributed by atoms with Crippen LogP contribution in [-0.4, -0.2) is 14.3 Å². The van der Waals surface area contributed by atoms with Crippen molar-refractivity contribution in [1.29, 1.82) is 0 Å². The number of nitrogens with one attached hydrogen (secondary N) is 1. The zero-order valence-corrected chi connectivity index (χ0v) is 12.7. The minimum Gasteiger partial charge on any atom is -0.347 e. The molecule has 2 rings (SSSR count). The average Bonchev–Trinajstić information content (AvgIpc) is 2.87. The summed E-state index contributed by atoms with van der Waals surface area (Å²) in [5.41, 5.74) is 0.729. The molecule has 112 valence electrons. The van der Waals surface area contributed by atoms with Gasteiger partial charge in [0.15, 0.2) is 0 Å². The smallest absolute Gasteiger partial charge is 0.254 e. The number of sulfonamides is 1. The molecule has 0 unspecified atom stereocenters. The fourth-order valence-electron chi connectivity index (χ4n) is 1.68. The zero-order valence-electron chi connectivity index (χ0n) is 11.1. The highest BCUT2D eigenvalue weighted by Crippen LogP contribution is 2.20. The van der Waals surface area contributed by atoms with E-state index in [4.69, 9.17) is 5.14 Å². The Balaban J connectivity index is 2.08. The number of hydrogen-bond acceptors (Lipinski definition) is 4. The van der Waals surface area contributed by atoms with Gasteiger partial charge in [-0.3, -0.25) is 4.79 Å². The molecule has 0 bridgehead atoms. The largest absolute Gasteiger partial charge is 0.347 e. The van der Waals surface area contributed by atoms with E-state index in [1.165, 1.54) is 18.2 Å². The van der Waals surface area contributed by atoms with Crippen LogP contribution >= 0.6 is 11.3 Å². The Kier molecular flexibility index (Phi) is 4.40. The predicted molar refractivity (Wildman–Crippen MR) is 78.0 cm³/mol. The summed E-state index contributed by atoms with van der Waals surface area (Å²) in [5, 5.41) is 7.54. The summed E-state index contributed by atoms with van der Waals surface area (Å²) in [4.78, 5) is 12.5. The van der Waals surface area contributed by atoms with Crippen LogP contribution in [0.15, 0.2) is 34.5 Å². The van der Waals surface area contributed by atoms with E-state index in [1.54, 1.807) is 19.1 Å². The molecule has 2 aromatic rings. The molecule has 1 aromatic carbocycles. The van der Waals surface area contributed by atoms with Crippen molar-refractivity contribution in [2.75, 3.05) is 0 Å². The molecule has 0 aliphatic carbocycles. The van der Waals surface area contributed by atoms with Crippen LogP contribution in [0.25, 0.3) is 0 Å². The first-order valence-electron chi connectivity index (χ1n) is 5.93. The first-order valence-corrected chi connectivity index (χ1v) is 8.29. The summed E-state index contributed by atoms with van der Waals surface area (Å²) in [6.45, 7) is 1.86. The molecule has 0 saturated carbocycles. The number of hydrogen-bond donors (Lipinski definition) is 2. The molecule has 0 spiro atoms. The number of amides is 1. The summed E-state index contributed by atoms with van der Waals surface area (Å²) < 4.78 is 35.9. The minimum atomic E-state index is -3.74. The monoisotopic (exact) mass is 328 g/mol. The molecule has 3 N–H and O–H groups in total. The number of carbonyl (C=O) groups excluding carboxylic acids is 1. The average molecular weight is 328 g/mol. The van der Waals surface area contributed by atoms with Gasteiger partial charge in [0.25, 0.3) is 5.91 Å². The van der Waals surface area contributed by atoms with E-state index in [1.807, 2.05) is 0 Å². The van der Waals surface area contributed by atoms with Crippen LogP contribution in [0.1, 0.15) is 20.8 Å². The van der Waals surface area contributed by atoms with Gasteiger partial charge < -0.3 is 5.32 Å². The van der Waals surface area contributed by atoms with Gasteiger partial charge in [-0.2, -0.15) is 0 Å². The number of primary sulfonamides is 1. The van der Waals surface area contributed by atoms with Crippen LogP contribution in [0.5, 0.6) is 0 Å². The number of halogens is 1. The molecule has 0 fully saturated rings. The summed E-state index contributed by atoms with van der Waals surface area (Å²) >= 11 is 0.963. The molecular formula is C13H13FN2O3S2. The summed E-state index contributed by atoms with van der Waals surface area (Å²) in [6.07, 6.45) is 0. The third-order valence-corrected chi connectivity index (χ3v) is 5.23. The van der Waals surface area contributed by atoms with Crippen molar-refractivity contribution >= 4 is 27.3 Å². The van der Waals surface area contributed by atoms with Crippen LogP contribution in [0.2, 0.25) is 0 Å². The normalized spacial score (nSPS) is 11.4. The highest BCUT2D eigenvalue weighted by atomic mass is 32.2. The maximum Gasteiger partial charge on any atom is 0.254 e. The van der Waals surface area contributed by atoms with Gasteiger partial charge in [-0.15, -0.1) is 11.3 Å². The number of benzene rings is 1. The summed E-state index contributed by atoms with van der Waals surface area (Å²) in [7, 11) is -3.74. The highest BCUT2D eigenvalue weighted by molar-refractivity contribution is 7.91. The molecule has 1 heterocycles. The molecule has 8 heteroatoms. The number of rotatable bonds is 4. The van der Waals surface area contributed by atoms with E-state index >= 15 is 0 Å². The van der Waals surface area contributed by atoms with Crippen molar-refractivity contribution in [3.63, 3.8) is 0 Å². The van der Waals surface area contributed by atoms with Gasteiger partial charge >= 0.3 is 0 Å². The molecule has 0 aliphatic rings. The van der Waals surface area contributed by atoms with Crippen molar-refractivity contribution < 1.29 is 17.6 Å². The maximum atomic E-state index is 13.6. The second kappa shape index (κ2) is 5.92. The van der Waals surface area contributed by atoms with E-state index in [0.29, 0.717) is 4.88 Å². The van der Waals surface area contributed by atoms with E-state index in [0.717, 1.165) is 16.9 Å². The van der Waals surface area contributed by atoms with Crippen LogP contribution in [0.3, 0.4) is 0 Å². The van der Waals surface area contributed by atoms with Crippen LogP contribution in [0.4, 0.5) is 4.39 Å². The minimum absolute atomic E-state index is 0.0217. The lowest BCUT2D eigenvalue weighted by Crippen LogP contribution is -2.23. The fraction of sp³-hybridized carbons (Fsp3) is 0.154. The van der Waals surface area contributed by atoms with Gasteiger partial charge in [-0.25, -0.2) is 17.9 Å². The topological polar surface area (TPSA) is 89.3 Å². The summed E-state index contributed by atoms with van der Waals surface area (Å²) in [6, 6.07) is 7.18. The molecule has 1 amide bonds. The first kappa shape index (κ1) is 15.6. The molecule has 5 nitrogen and oxygen atoms in total. The van der Waals surface area contributed by atoms with Gasteiger partial charge in [-0.05, 0) is 31.2 Å². The molecule has 0 aliphatic heterocycles. The van der Waals surface area contributed by atoms with Crippen molar-refractivity contribution in [2.45, 2.75) is 17.7 Å². The molecule has 0 saturated heterocycles. The molecular weight excluding hydrogens is 315 g/mol. The zero-order chi connectivity index (χ0) is 15.6. The number of aryl methyl sites for hydroxylation is 1. The van der Waals surface area contributed by atoms with E-state index in [-0.39, 0.29) is 16.3 Å². The second-order valence-electron chi connectivity index (χ2n) is 4.43. The number of nitrogens with two attached hydrogens (primary N) is 1. The maximum absolute atomic E-state index is 13.6. The Labute approximate surface area is 125 Å². The fourth-order valence-corrected chi connectivity index (χ4v) is 3.40. The highest BCUT2D eigenvalue weighted by Gasteiger charge is 2.14. The first-order chi connectivity index (χ1) is 9.77.